The van der Waals surface area contributed by atoms with Crippen molar-refractivity contribution in [3.63, 3.8) is 0 Å². The van der Waals surface area contributed by atoms with Gasteiger partial charge in [-0.05, 0) is 98.1 Å². The molecular weight excluding hydrogens is 719 g/mol. The fourth-order valence-electron chi connectivity index (χ4n) is 11.9. The van der Waals surface area contributed by atoms with E-state index in [1.54, 1.807) is 0 Å². The van der Waals surface area contributed by atoms with E-state index in [2.05, 4.69) is 157 Å². The Balaban J connectivity index is 0.862. The molecule has 0 amide bonds. The number of furan rings is 1. The summed E-state index contributed by atoms with van der Waals surface area (Å²) < 4.78 is 13.4. The molecule has 59 heavy (non-hydrogen) atoms. The minimum Gasteiger partial charge on any atom is -0.485 e. The molecule has 294 valence electrons. The highest BCUT2D eigenvalue weighted by atomic mass is 16.5. The van der Waals surface area contributed by atoms with E-state index >= 15 is 0 Å². The SMILES string of the molecule is C1=CCC(c2cccc3c2OC2C=CC(C4C=CC(N(C5=c6ccccc6=C6C=CCCC6C5)C5C=C[C@H](C6CC=Cc7c6oc6c7C=CCC6)CC5)=CC4)=CC32)C=C1. The Morgan fingerprint density at radius 1 is 0.661 bits per heavy atom. The lowest BCUT2D eigenvalue weighted by molar-refractivity contribution is 0.265. The fourth-order valence-corrected chi connectivity index (χ4v) is 11.9. The van der Waals surface area contributed by atoms with Gasteiger partial charge < -0.3 is 14.1 Å². The minimum atomic E-state index is 0.0689. The Morgan fingerprint density at radius 2 is 1.58 bits per heavy atom. The molecule has 0 spiro atoms. The number of benzene rings is 2. The summed E-state index contributed by atoms with van der Waals surface area (Å²) in [6.07, 6.45) is 53.9. The molecule has 7 unspecified atom stereocenters. The smallest absolute Gasteiger partial charge is 0.128 e. The summed E-state index contributed by atoms with van der Waals surface area (Å²) in [4.78, 5) is 2.77. The average Bonchev–Trinajstić information content (AvgIpc) is 3.88. The number of allylic oxidation sites excluding steroid dienone is 14. The van der Waals surface area contributed by atoms with E-state index in [0.717, 1.165) is 57.1 Å². The van der Waals surface area contributed by atoms with Crippen molar-refractivity contribution in [1.82, 2.24) is 4.90 Å². The van der Waals surface area contributed by atoms with Gasteiger partial charge in [0.1, 0.15) is 23.4 Å². The lowest BCUT2D eigenvalue weighted by Crippen LogP contribution is -2.44. The Kier molecular flexibility index (Phi) is 8.78. The van der Waals surface area contributed by atoms with Crippen LogP contribution < -0.4 is 15.2 Å². The summed E-state index contributed by atoms with van der Waals surface area (Å²) in [5.74, 6) is 5.95. The van der Waals surface area contributed by atoms with Gasteiger partial charge in [0.05, 0.1) is 6.04 Å². The number of hydrogen-bond acceptors (Lipinski definition) is 3. The second-order valence-electron chi connectivity index (χ2n) is 18.2. The van der Waals surface area contributed by atoms with Crippen molar-refractivity contribution in [1.29, 1.82) is 0 Å². The molecule has 3 aromatic rings. The summed E-state index contributed by atoms with van der Waals surface area (Å²) in [5, 5.41) is 2.84. The van der Waals surface area contributed by atoms with Crippen molar-refractivity contribution >= 4 is 23.4 Å². The molecule has 1 aromatic heterocycles. The molecule has 2 aromatic carbocycles. The van der Waals surface area contributed by atoms with Crippen LogP contribution in [0.25, 0.3) is 23.4 Å². The van der Waals surface area contributed by atoms with E-state index in [9.17, 15) is 0 Å². The Hall–Kier alpha value is -5.54. The van der Waals surface area contributed by atoms with Crippen molar-refractivity contribution in [2.24, 2.45) is 17.8 Å². The third kappa shape index (κ3) is 6.06. The molecular formula is C56H53NO2. The van der Waals surface area contributed by atoms with Crippen LogP contribution in [0.4, 0.5) is 0 Å². The monoisotopic (exact) mass is 771 g/mol. The van der Waals surface area contributed by atoms with Crippen LogP contribution in [0, 0.1) is 17.8 Å². The summed E-state index contributed by atoms with van der Waals surface area (Å²) in [5.41, 5.74) is 11.1. The molecule has 8 atom stereocenters. The van der Waals surface area contributed by atoms with Gasteiger partial charge in [-0.25, -0.2) is 0 Å². The maximum atomic E-state index is 6.71. The lowest BCUT2D eigenvalue weighted by atomic mass is 9.76. The largest absolute Gasteiger partial charge is 0.485 e. The molecule has 12 rings (SSSR count). The Labute approximate surface area is 348 Å². The van der Waals surface area contributed by atoms with Crippen LogP contribution in [0.2, 0.25) is 0 Å². The third-order valence-corrected chi connectivity index (χ3v) is 14.9. The quantitative estimate of drug-likeness (QED) is 0.233. The zero-order valence-electron chi connectivity index (χ0n) is 33.9. The normalized spacial score (nSPS) is 30.4. The first-order chi connectivity index (χ1) is 29.2. The Morgan fingerprint density at radius 3 is 2.46 bits per heavy atom. The van der Waals surface area contributed by atoms with Crippen LogP contribution >= 0.6 is 0 Å². The molecule has 3 nitrogen and oxygen atoms in total. The van der Waals surface area contributed by atoms with Gasteiger partial charge >= 0.3 is 0 Å². The molecule has 0 bridgehead atoms. The lowest BCUT2D eigenvalue weighted by Gasteiger charge is -2.42. The van der Waals surface area contributed by atoms with Gasteiger partial charge in [-0.15, -0.1) is 0 Å². The number of fused-ring (bicyclic) bond motifs is 8. The highest BCUT2D eigenvalue weighted by molar-refractivity contribution is 5.72. The molecule has 2 heterocycles. The molecule has 9 aliphatic rings. The highest BCUT2D eigenvalue weighted by Crippen LogP contribution is 2.49. The van der Waals surface area contributed by atoms with Crippen molar-refractivity contribution < 1.29 is 9.15 Å². The van der Waals surface area contributed by atoms with Crippen LogP contribution in [-0.4, -0.2) is 17.0 Å². The van der Waals surface area contributed by atoms with Crippen LogP contribution in [-0.2, 0) is 6.42 Å². The van der Waals surface area contributed by atoms with Gasteiger partial charge in [0.25, 0.3) is 0 Å². The molecule has 0 N–H and O–H groups in total. The van der Waals surface area contributed by atoms with Crippen LogP contribution in [0.5, 0.6) is 5.75 Å². The maximum Gasteiger partial charge on any atom is 0.128 e. The van der Waals surface area contributed by atoms with Crippen molar-refractivity contribution in [3.8, 4) is 5.75 Å². The first-order valence-electron chi connectivity index (χ1n) is 22.6. The van der Waals surface area contributed by atoms with Gasteiger partial charge in [0, 0.05) is 69.0 Å². The molecule has 1 aliphatic heterocycles. The second-order valence-corrected chi connectivity index (χ2v) is 18.2. The van der Waals surface area contributed by atoms with Gasteiger partial charge in [0.15, 0.2) is 0 Å². The van der Waals surface area contributed by atoms with Gasteiger partial charge in [-0.1, -0.05) is 140 Å². The number of rotatable bonds is 6. The number of para-hydroxylation sites is 1. The Bertz CT molecular complexity index is 2660. The minimum absolute atomic E-state index is 0.0689. The van der Waals surface area contributed by atoms with Crippen molar-refractivity contribution in [2.45, 2.75) is 94.1 Å². The number of hydrogen-bond donors (Lipinski definition) is 0. The van der Waals surface area contributed by atoms with Crippen molar-refractivity contribution in [2.75, 3.05) is 0 Å². The zero-order valence-corrected chi connectivity index (χ0v) is 33.9. The average molecular weight is 772 g/mol. The van der Waals surface area contributed by atoms with Crippen LogP contribution in [0.15, 0.2) is 155 Å². The van der Waals surface area contributed by atoms with Gasteiger partial charge in [-0.3, -0.25) is 0 Å². The van der Waals surface area contributed by atoms with Gasteiger partial charge in [0.2, 0.25) is 0 Å². The number of aryl methyl sites for hydroxylation is 1. The molecule has 0 saturated carbocycles. The van der Waals surface area contributed by atoms with E-state index in [4.69, 9.17) is 9.15 Å². The zero-order chi connectivity index (χ0) is 38.9. The predicted molar refractivity (Wildman–Crippen MR) is 241 cm³/mol. The molecule has 0 radical (unpaired) electrons. The van der Waals surface area contributed by atoms with Crippen molar-refractivity contribution in [3.05, 3.63) is 195 Å². The van der Waals surface area contributed by atoms with E-state index < -0.39 is 0 Å². The standard InChI is InChI=1S/C56H53NO2/c1-2-12-37(13-3-1)44-19-11-22-50-51-34-39(28-33-54(51)59-56(44)50)36-24-29-41(30-25-36)57(52-35-40-14-4-5-15-43(40)46-16-6-7-17-47(46)52)42-31-26-38(27-32-42)45-20-10-21-49-48-18-8-9-23-53(48)58-55(45)49/h1-3,5-8,10-12,15-19,21-22,24,26,28-31,33-34,36-38,40,42,45,51,54H,4,9,13-14,20,23,25,27,32,35H2/t36?,37?,38-,40?,42?,45?,51?,54?/m0/s1. The predicted octanol–water partition coefficient (Wildman–Crippen LogP) is 11.8. The first kappa shape index (κ1) is 35.4. The first-order valence-corrected chi connectivity index (χ1v) is 22.6. The summed E-state index contributed by atoms with van der Waals surface area (Å²) in [7, 11) is 0. The van der Waals surface area contributed by atoms with E-state index in [0.29, 0.717) is 35.6 Å². The summed E-state index contributed by atoms with van der Waals surface area (Å²) in [6.45, 7) is 0. The molecule has 0 saturated heterocycles. The van der Waals surface area contributed by atoms with Gasteiger partial charge in [-0.2, -0.15) is 0 Å². The highest BCUT2D eigenvalue weighted by Gasteiger charge is 2.38. The number of nitrogens with zero attached hydrogens (tertiary/aromatic N) is 1. The summed E-state index contributed by atoms with van der Waals surface area (Å²) >= 11 is 0. The molecule has 8 aliphatic carbocycles. The second kappa shape index (κ2) is 14.6. The maximum absolute atomic E-state index is 6.71. The molecule has 3 heteroatoms. The molecule has 0 fully saturated rings. The van der Waals surface area contributed by atoms with E-state index in [1.807, 2.05) is 0 Å². The van der Waals surface area contributed by atoms with E-state index in [-0.39, 0.29) is 12.0 Å². The van der Waals surface area contributed by atoms with E-state index in [1.165, 1.54) is 79.6 Å². The number of ether oxygens (including phenoxy) is 1. The van der Waals surface area contributed by atoms with Crippen LogP contribution in [0.3, 0.4) is 0 Å². The third-order valence-electron chi connectivity index (χ3n) is 14.9. The topological polar surface area (TPSA) is 25.6 Å². The van der Waals surface area contributed by atoms with Crippen LogP contribution in [0.1, 0.15) is 109 Å². The summed E-state index contributed by atoms with van der Waals surface area (Å²) in [6, 6.07) is 16.3. The fraction of sp³-hybridized carbons (Fsp3) is 0.321.